The molecule has 3 heterocycles. The Kier molecular flexibility index (Phi) is 5.63. The lowest BCUT2D eigenvalue weighted by molar-refractivity contribution is -0.127. The first kappa shape index (κ1) is 21.2. The normalized spacial score (nSPS) is 20.8. The van der Waals surface area contributed by atoms with E-state index in [1.807, 2.05) is 0 Å². The molecule has 2 aromatic rings. The number of aliphatic hydroxyl groups is 1. The third-order valence-corrected chi connectivity index (χ3v) is 7.22. The molecule has 0 radical (unpaired) electrons. The van der Waals surface area contributed by atoms with E-state index in [0.29, 0.717) is 0 Å². The van der Waals surface area contributed by atoms with Gasteiger partial charge in [0.15, 0.2) is 5.84 Å². The third kappa shape index (κ3) is 4.10. The highest BCUT2D eigenvalue weighted by Gasteiger charge is 2.43. The fourth-order valence-electron chi connectivity index (χ4n) is 3.59. The topological polar surface area (TPSA) is 129 Å². The van der Waals surface area contributed by atoms with Crippen LogP contribution in [0.5, 0.6) is 0 Å². The smallest absolute Gasteiger partial charge is 0.286 e. The van der Waals surface area contributed by atoms with Crippen molar-refractivity contribution in [2.24, 2.45) is 4.40 Å². The predicted octanol–water partition coefficient (Wildman–Crippen LogP) is 1.59. The number of rotatable bonds is 6. The SMILES string of the molecule is CS(=O)CC[C@H]1C(O)=C(C2=NS(=O)(=O)c3ccccc3N2)C(=O)N1Cc1ccncc1. The van der Waals surface area contributed by atoms with E-state index in [4.69, 9.17) is 0 Å². The van der Waals surface area contributed by atoms with Crippen LogP contribution < -0.4 is 5.32 Å². The van der Waals surface area contributed by atoms with E-state index < -0.39 is 32.8 Å². The second kappa shape index (κ2) is 8.23. The lowest BCUT2D eigenvalue weighted by atomic mass is 10.1. The molecule has 162 valence electrons. The Morgan fingerprint density at radius 2 is 1.90 bits per heavy atom. The molecule has 0 spiro atoms. The first-order valence-electron chi connectivity index (χ1n) is 9.42. The molecule has 0 fully saturated rings. The van der Waals surface area contributed by atoms with Crippen molar-refractivity contribution in [3.8, 4) is 0 Å². The zero-order valence-corrected chi connectivity index (χ0v) is 18.2. The second-order valence-corrected chi connectivity index (χ2v) is 10.3. The fourth-order valence-corrected chi connectivity index (χ4v) is 5.27. The summed E-state index contributed by atoms with van der Waals surface area (Å²) in [5.74, 6) is -0.795. The predicted molar refractivity (Wildman–Crippen MR) is 116 cm³/mol. The zero-order chi connectivity index (χ0) is 22.2. The minimum Gasteiger partial charge on any atom is -0.509 e. The van der Waals surface area contributed by atoms with Gasteiger partial charge < -0.3 is 15.3 Å². The maximum absolute atomic E-state index is 13.3. The van der Waals surface area contributed by atoms with Gasteiger partial charge in [-0.25, -0.2) is 0 Å². The van der Waals surface area contributed by atoms with Crippen LogP contribution in [-0.2, 0) is 32.2 Å². The highest BCUT2D eigenvalue weighted by Crippen LogP contribution is 2.34. The Morgan fingerprint density at radius 1 is 1.19 bits per heavy atom. The van der Waals surface area contributed by atoms with Crippen molar-refractivity contribution in [3.63, 3.8) is 0 Å². The number of aliphatic hydroxyl groups excluding tert-OH is 1. The highest BCUT2D eigenvalue weighted by molar-refractivity contribution is 7.90. The number of carbonyl (C=O) groups excluding carboxylic acids is 1. The number of benzene rings is 1. The van der Waals surface area contributed by atoms with Gasteiger partial charge in [0.2, 0.25) is 0 Å². The van der Waals surface area contributed by atoms with Crippen molar-refractivity contribution in [3.05, 3.63) is 65.7 Å². The second-order valence-electron chi connectivity index (χ2n) is 7.17. The van der Waals surface area contributed by atoms with E-state index in [1.54, 1.807) is 49.0 Å². The number of nitrogens with zero attached hydrogens (tertiary/aromatic N) is 3. The number of anilines is 1. The Balaban J connectivity index is 1.73. The van der Waals surface area contributed by atoms with Crippen LogP contribution >= 0.6 is 0 Å². The Bertz CT molecular complexity index is 1230. The zero-order valence-electron chi connectivity index (χ0n) is 16.6. The number of amides is 1. The molecule has 2 aliphatic rings. The van der Waals surface area contributed by atoms with Crippen LogP contribution in [0.15, 0.2) is 69.4 Å². The van der Waals surface area contributed by atoms with Gasteiger partial charge in [0.25, 0.3) is 15.9 Å². The summed E-state index contributed by atoms with van der Waals surface area (Å²) in [6, 6.07) is 8.95. The van der Waals surface area contributed by atoms with Crippen LogP contribution in [0.25, 0.3) is 0 Å². The molecule has 2 aliphatic heterocycles. The molecule has 0 saturated carbocycles. The molecule has 0 saturated heterocycles. The van der Waals surface area contributed by atoms with Gasteiger partial charge in [-0.3, -0.25) is 14.0 Å². The molecule has 4 rings (SSSR count). The summed E-state index contributed by atoms with van der Waals surface area (Å²) in [4.78, 5) is 18.7. The van der Waals surface area contributed by atoms with Gasteiger partial charge in [-0.2, -0.15) is 8.42 Å². The summed E-state index contributed by atoms with van der Waals surface area (Å²) in [5.41, 5.74) is 0.870. The third-order valence-electron chi connectivity index (χ3n) is 5.07. The maximum atomic E-state index is 13.3. The summed E-state index contributed by atoms with van der Waals surface area (Å²) < 4.78 is 40.6. The number of para-hydroxylation sites is 1. The Morgan fingerprint density at radius 3 is 2.61 bits per heavy atom. The number of hydrogen-bond donors (Lipinski definition) is 2. The highest BCUT2D eigenvalue weighted by atomic mass is 32.2. The Labute approximate surface area is 182 Å². The fraction of sp³-hybridized carbons (Fsp3) is 0.250. The maximum Gasteiger partial charge on any atom is 0.286 e. The van der Waals surface area contributed by atoms with Crippen molar-refractivity contribution >= 4 is 38.3 Å². The lowest BCUT2D eigenvalue weighted by Crippen LogP contribution is -2.37. The quantitative estimate of drug-likeness (QED) is 0.670. The van der Waals surface area contributed by atoms with Crippen molar-refractivity contribution < 1.29 is 22.5 Å². The number of fused-ring (bicyclic) bond motifs is 1. The molecule has 1 amide bonds. The van der Waals surface area contributed by atoms with Crippen LogP contribution in [0.1, 0.15) is 12.0 Å². The van der Waals surface area contributed by atoms with Gasteiger partial charge in [0.1, 0.15) is 16.2 Å². The van der Waals surface area contributed by atoms with Crippen LogP contribution in [-0.4, -0.2) is 57.4 Å². The van der Waals surface area contributed by atoms with Gasteiger partial charge in [0.05, 0.1) is 11.7 Å². The van der Waals surface area contributed by atoms with E-state index >= 15 is 0 Å². The van der Waals surface area contributed by atoms with Gasteiger partial charge in [-0.15, -0.1) is 4.40 Å². The number of hydrogen-bond acceptors (Lipinski definition) is 7. The van der Waals surface area contributed by atoms with Crippen molar-refractivity contribution in [1.82, 2.24) is 9.88 Å². The van der Waals surface area contributed by atoms with E-state index in [2.05, 4.69) is 14.7 Å². The molecule has 1 aromatic carbocycles. The molecule has 2 atom stereocenters. The summed E-state index contributed by atoms with van der Waals surface area (Å²) in [6.07, 6.45) is 4.99. The first-order chi connectivity index (χ1) is 14.8. The number of sulfonamides is 1. The van der Waals surface area contributed by atoms with Crippen molar-refractivity contribution in [2.75, 3.05) is 17.3 Å². The van der Waals surface area contributed by atoms with Gasteiger partial charge in [-0.05, 0) is 36.2 Å². The van der Waals surface area contributed by atoms with E-state index in [1.165, 1.54) is 11.0 Å². The van der Waals surface area contributed by atoms with Crippen LogP contribution in [0, 0.1) is 0 Å². The molecule has 2 N–H and O–H groups in total. The largest absolute Gasteiger partial charge is 0.509 e. The van der Waals surface area contributed by atoms with Crippen LogP contribution in [0.3, 0.4) is 0 Å². The van der Waals surface area contributed by atoms with Crippen molar-refractivity contribution in [2.45, 2.75) is 23.9 Å². The molecule has 1 unspecified atom stereocenters. The monoisotopic (exact) mass is 460 g/mol. The van der Waals surface area contributed by atoms with Crippen LogP contribution in [0.2, 0.25) is 0 Å². The van der Waals surface area contributed by atoms with Gasteiger partial charge in [-0.1, -0.05) is 12.1 Å². The number of aromatic nitrogens is 1. The van der Waals surface area contributed by atoms with E-state index in [9.17, 15) is 22.5 Å². The standard InChI is InChI=1S/C20H20N4O5S2/c1-30(27)11-8-15-18(25)17(20(26)24(15)12-13-6-9-21-10-7-13)19-22-14-4-2-3-5-16(14)31(28,29)23-19/h2-7,9-10,15,25H,8,11-12H2,1H3,(H,22,23)/t15-,30?/m0/s1. The molecular formula is C20H20N4O5S2. The molecule has 1 aromatic heterocycles. The van der Waals surface area contributed by atoms with Crippen LogP contribution in [0.4, 0.5) is 5.69 Å². The van der Waals surface area contributed by atoms with Gasteiger partial charge in [0, 0.05) is 41.7 Å². The Hall–Kier alpha value is -3.05. The summed E-state index contributed by atoms with van der Waals surface area (Å²) in [5, 5.41) is 13.8. The summed E-state index contributed by atoms with van der Waals surface area (Å²) in [7, 11) is -5.17. The lowest BCUT2D eigenvalue weighted by Gasteiger charge is -2.25. The minimum absolute atomic E-state index is 0.00384. The first-order valence-corrected chi connectivity index (χ1v) is 12.6. The molecule has 31 heavy (non-hydrogen) atoms. The number of pyridine rings is 1. The average Bonchev–Trinajstić information content (AvgIpc) is 2.96. The molecule has 11 heteroatoms. The molecular weight excluding hydrogens is 440 g/mol. The molecule has 9 nitrogen and oxygen atoms in total. The summed E-state index contributed by atoms with van der Waals surface area (Å²) >= 11 is 0. The number of nitrogens with one attached hydrogen (secondary N) is 1. The number of amidine groups is 1. The molecule has 0 bridgehead atoms. The van der Waals surface area contributed by atoms with Crippen molar-refractivity contribution in [1.29, 1.82) is 0 Å². The molecule has 0 aliphatic carbocycles. The summed E-state index contributed by atoms with van der Waals surface area (Å²) in [6.45, 7) is 0.173. The average molecular weight is 461 g/mol. The van der Waals surface area contributed by atoms with Gasteiger partial charge >= 0.3 is 0 Å². The van der Waals surface area contributed by atoms with E-state index in [0.717, 1.165) is 5.56 Å². The number of carbonyl (C=O) groups is 1. The van der Waals surface area contributed by atoms with E-state index in [-0.39, 0.29) is 46.5 Å². The minimum atomic E-state index is -4.04.